The fourth-order valence-electron chi connectivity index (χ4n) is 0.341. The summed E-state index contributed by atoms with van der Waals surface area (Å²) in [7, 11) is 0. The molecule has 0 aromatic carbocycles. The minimum Gasteiger partial charge on any atom is -0.462 e. The molecule has 0 aliphatic heterocycles. The van der Waals surface area contributed by atoms with Gasteiger partial charge in [0, 0.05) is 12.0 Å². The van der Waals surface area contributed by atoms with Gasteiger partial charge in [0.25, 0.3) is 0 Å². The van der Waals surface area contributed by atoms with Gasteiger partial charge in [0.15, 0.2) is 0 Å². The number of hydrogen-bond donors (Lipinski definition) is 0. The molecule has 0 aliphatic rings. The van der Waals surface area contributed by atoms with Gasteiger partial charge in [0.1, 0.15) is 0 Å². The van der Waals surface area contributed by atoms with Crippen LogP contribution in [0.1, 0.15) is 6.92 Å². The first kappa shape index (κ1) is 8.95. The second kappa shape index (κ2) is 4.79. The van der Waals surface area contributed by atoms with Crippen LogP contribution in [-0.4, -0.2) is 12.6 Å². The Morgan fingerprint density at radius 1 is 1.70 bits per heavy atom. The van der Waals surface area contributed by atoms with E-state index in [2.05, 4.69) is 13.2 Å². The monoisotopic (exact) mass is 140 g/mol. The molecule has 0 bridgehead atoms. The highest BCUT2D eigenvalue weighted by atomic mass is 16.5. The van der Waals surface area contributed by atoms with E-state index in [1.165, 1.54) is 0 Å². The van der Waals surface area contributed by atoms with E-state index in [1.807, 2.05) is 6.92 Å². The molecular formula is C8H12O2. The highest BCUT2D eigenvalue weighted by molar-refractivity contribution is 5.81. The van der Waals surface area contributed by atoms with E-state index in [-0.39, 0.29) is 11.9 Å². The van der Waals surface area contributed by atoms with Crippen molar-refractivity contribution < 1.29 is 9.53 Å². The minimum absolute atomic E-state index is 0.212. The summed E-state index contributed by atoms with van der Waals surface area (Å²) in [5.74, 6) is -0.169. The Morgan fingerprint density at radius 2 is 2.30 bits per heavy atom. The van der Waals surface area contributed by atoms with Gasteiger partial charge < -0.3 is 4.74 Å². The summed E-state index contributed by atoms with van der Waals surface area (Å²) >= 11 is 0. The van der Waals surface area contributed by atoms with Crippen molar-refractivity contribution in [3.05, 3.63) is 25.3 Å². The lowest BCUT2D eigenvalue weighted by Crippen LogP contribution is -2.07. The molecule has 0 fully saturated rings. The number of rotatable bonds is 4. The quantitative estimate of drug-likeness (QED) is 0.336. The van der Waals surface area contributed by atoms with Crippen LogP contribution < -0.4 is 0 Å². The molecule has 1 atom stereocenters. The number of hydrogen-bond acceptors (Lipinski definition) is 2. The zero-order valence-corrected chi connectivity index (χ0v) is 6.17. The van der Waals surface area contributed by atoms with Gasteiger partial charge in [-0.05, 0) is 0 Å². The second-order valence-corrected chi connectivity index (χ2v) is 2.05. The fraction of sp³-hybridized carbons (Fsp3) is 0.375. The SMILES string of the molecule is C=CC(=O)OCC(C)C=C. The molecule has 0 saturated carbocycles. The Labute approximate surface area is 61.2 Å². The molecule has 0 aromatic heterocycles. The van der Waals surface area contributed by atoms with Crippen molar-refractivity contribution in [3.8, 4) is 0 Å². The summed E-state index contributed by atoms with van der Waals surface area (Å²) in [6, 6.07) is 0. The lowest BCUT2D eigenvalue weighted by Gasteiger charge is -2.04. The van der Waals surface area contributed by atoms with E-state index in [0.717, 1.165) is 6.08 Å². The summed E-state index contributed by atoms with van der Waals surface area (Å²) in [6.45, 7) is 9.11. The lowest BCUT2D eigenvalue weighted by atomic mass is 10.2. The molecule has 10 heavy (non-hydrogen) atoms. The zero-order valence-electron chi connectivity index (χ0n) is 6.17. The molecule has 0 rings (SSSR count). The maximum atomic E-state index is 10.5. The van der Waals surface area contributed by atoms with E-state index in [0.29, 0.717) is 6.61 Å². The molecule has 2 nitrogen and oxygen atoms in total. The van der Waals surface area contributed by atoms with E-state index >= 15 is 0 Å². The summed E-state index contributed by atoms with van der Waals surface area (Å²) in [5, 5.41) is 0. The molecule has 0 saturated heterocycles. The average Bonchev–Trinajstić information content (AvgIpc) is 1.99. The standard InChI is InChI=1S/C8H12O2/c1-4-7(3)6-10-8(9)5-2/h4-5,7H,1-2,6H2,3H3. The average molecular weight is 140 g/mol. The highest BCUT2D eigenvalue weighted by Crippen LogP contribution is 1.95. The van der Waals surface area contributed by atoms with E-state index in [4.69, 9.17) is 4.74 Å². The van der Waals surface area contributed by atoms with Crippen molar-refractivity contribution >= 4 is 5.97 Å². The summed E-state index contributed by atoms with van der Waals surface area (Å²) in [4.78, 5) is 10.5. The summed E-state index contributed by atoms with van der Waals surface area (Å²) in [5.41, 5.74) is 0. The van der Waals surface area contributed by atoms with Crippen LogP contribution >= 0.6 is 0 Å². The van der Waals surface area contributed by atoms with Gasteiger partial charge in [-0.15, -0.1) is 6.58 Å². The Kier molecular flexibility index (Phi) is 4.29. The van der Waals surface area contributed by atoms with Crippen molar-refractivity contribution in [2.75, 3.05) is 6.61 Å². The summed E-state index contributed by atoms with van der Waals surface area (Å²) in [6.07, 6.45) is 2.88. The number of carbonyl (C=O) groups is 1. The van der Waals surface area contributed by atoms with Gasteiger partial charge in [-0.3, -0.25) is 0 Å². The molecule has 0 amide bonds. The van der Waals surface area contributed by atoms with Crippen molar-refractivity contribution in [1.82, 2.24) is 0 Å². The maximum absolute atomic E-state index is 10.5. The van der Waals surface area contributed by atoms with Crippen LogP contribution in [0, 0.1) is 5.92 Å². The normalized spacial score (nSPS) is 11.7. The van der Waals surface area contributed by atoms with Gasteiger partial charge in [-0.25, -0.2) is 4.79 Å². The second-order valence-electron chi connectivity index (χ2n) is 2.05. The Hall–Kier alpha value is -1.05. The van der Waals surface area contributed by atoms with Crippen LogP contribution in [0.25, 0.3) is 0 Å². The number of esters is 1. The van der Waals surface area contributed by atoms with Gasteiger partial charge in [-0.1, -0.05) is 19.6 Å². The van der Waals surface area contributed by atoms with Crippen LogP contribution in [0.4, 0.5) is 0 Å². The Morgan fingerprint density at radius 3 is 2.70 bits per heavy atom. The van der Waals surface area contributed by atoms with E-state index in [1.54, 1.807) is 6.08 Å². The third-order valence-electron chi connectivity index (χ3n) is 1.06. The third kappa shape index (κ3) is 3.89. The predicted molar refractivity (Wildman–Crippen MR) is 40.5 cm³/mol. The van der Waals surface area contributed by atoms with Crippen molar-refractivity contribution in [2.24, 2.45) is 5.92 Å². The smallest absolute Gasteiger partial charge is 0.330 e. The third-order valence-corrected chi connectivity index (χ3v) is 1.06. The largest absolute Gasteiger partial charge is 0.462 e. The van der Waals surface area contributed by atoms with Crippen LogP contribution in [0.5, 0.6) is 0 Å². The first-order valence-corrected chi connectivity index (χ1v) is 3.12. The molecule has 1 unspecified atom stereocenters. The van der Waals surface area contributed by atoms with Crippen LogP contribution in [0.3, 0.4) is 0 Å². The lowest BCUT2D eigenvalue weighted by molar-refractivity contribution is -0.138. The van der Waals surface area contributed by atoms with E-state index in [9.17, 15) is 4.79 Å². The van der Waals surface area contributed by atoms with Crippen molar-refractivity contribution in [2.45, 2.75) is 6.92 Å². The molecule has 0 aromatic rings. The van der Waals surface area contributed by atoms with Gasteiger partial charge >= 0.3 is 5.97 Å². The van der Waals surface area contributed by atoms with Crippen molar-refractivity contribution in [3.63, 3.8) is 0 Å². The first-order valence-electron chi connectivity index (χ1n) is 3.12. The maximum Gasteiger partial charge on any atom is 0.330 e. The van der Waals surface area contributed by atoms with Gasteiger partial charge in [-0.2, -0.15) is 0 Å². The Bertz CT molecular complexity index is 138. The number of carbonyl (C=O) groups excluding carboxylic acids is 1. The minimum atomic E-state index is -0.381. The van der Waals surface area contributed by atoms with Gasteiger partial charge in [0.2, 0.25) is 0 Å². The molecule has 0 aliphatic carbocycles. The predicted octanol–water partition coefficient (Wildman–Crippen LogP) is 1.54. The molecule has 2 heteroatoms. The van der Waals surface area contributed by atoms with Crippen LogP contribution in [-0.2, 0) is 9.53 Å². The molecular weight excluding hydrogens is 128 g/mol. The molecule has 0 radical (unpaired) electrons. The first-order chi connectivity index (χ1) is 4.70. The summed E-state index contributed by atoms with van der Waals surface area (Å²) < 4.78 is 4.72. The van der Waals surface area contributed by atoms with Gasteiger partial charge in [0.05, 0.1) is 6.61 Å². The molecule has 56 valence electrons. The van der Waals surface area contributed by atoms with E-state index < -0.39 is 0 Å². The Balaban J connectivity index is 3.43. The molecule has 0 heterocycles. The topological polar surface area (TPSA) is 26.3 Å². The number of ether oxygens (including phenoxy) is 1. The van der Waals surface area contributed by atoms with Crippen LogP contribution in [0.15, 0.2) is 25.3 Å². The molecule has 0 spiro atoms. The van der Waals surface area contributed by atoms with Crippen molar-refractivity contribution in [1.29, 1.82) is 0 Å². The molecule has 0 N–H and O–H groups in total. The highest BCUT2D eigenvalue weighted by Gasteiger charge is 1.98. The van der Waals surface area contributed by atoms with Crippen LogP contribution in [0.2, 0.25) is 0 Å². The fourth-order valence-corrected chi connectivity index (χ4v) is 0.341. The zero-order chi connectivity index (χ0) is 7.98.